The van der Waals surface area contributed by atoms with Crippen LogP contribution in [0.1, 0.15) is 0 Å². The van der Waals surface area contributed by atoms with Gasteiger partial charge in [0.15, 0.2) is 0 Å². The molecule has 0 aliphatic carbocycles. The van der Waals surface area contributed by atoms with E-state index in [1.54, 1.807) is 6.20 Å². The van der Waals surface area contributed by atoms with Crippen LogP contribution in [0.25, 0.3) is 0 Å². The van der Waals surface area contributed by atoms with Gasteiger partial charge >= 0.3 is 0 Å². The van der Waals surface area contributed by atoms with Gasteiger partial charge in [-0.2, -0.15) is 5.10 Å². The molecule has 0 unspecified atom stereocenters. The first-order valence-electron chi connectivity index (χ1n) is 2.25. The smallest absolute Gasteiger partial charge is 0.147 e. The Labute approximate surface area is 61.0 Å². The van der Waals surface area contributed by atoms with Crippen molar-refractivity contribution in [3.8, 4) is 12.5 Å². The van der Waals surface area contributed by atoms with E-state index in [4.69, 9.17) is 6.42 Å². The normalized spacial score (nSPS) is 8.44. The van der Waals surface area contributed by atoms with E-state index in [9.17, 15) is 0 Å². The molecule has 1 aromatic rings. The van der Waals surface area contributed by atoms with E-state index in [0.717, 1.165) is 4.47 Å². The lowest BCUT2D eigenvalue weighted by Gasteiger charge is -1.89. The van der Waals surface area contributed by atoms with Gasteiger partial charge in [0, 0.05) is 6.04 Å². The Morgan fingerprint density at radius 2 is 2.67 bits per heavy atom. The van der Waals surface area contributed by atoms with Crippen molar-refractivity contribution in [2.75, 3.05) is 5.32 Å². The first-order chi connectivity index (χ1) is 4.34. The number of aromatic nitrogens is 2. The van der Waals surface area contributed by atoms with Crippen molar-refractivity contribution in [2.24, 2.45) is 0 Å². The number of aromatic amines is 1. The lowest BCUT2D eigenvalue weighted by atomic mass is 10.6. The lowest BCUT2D eigenvalue weighted by molar-refractivity contribution is 1.09. The number of H-pyrrole nitrogens is 1. The SMILES string of the molecule is C#CNc1[nH]ncc1Br. The quantitative estimate of drug-likeness (QED) is 0.510. The summed E-state index contributed by atoms with van der Waals surface area (Å²) in [5.74, 6) is 0.706. The van der Waals surface area contributed by atoms with E-state index >= 15 is 0 Å². The molecule has 0 saturated heterocycles. The molecule has 0 aromatic carbocycles. The number of halogens is 1. The Morgan fingerprint density at radius 1 is 1.89 bits per heavy atom. The number of hydrogen-bond donors (Lipinski definition) is 2. The highest BCUT2D eigenvalue weighted by atomic mass is 79.9. The van der Waals surface area contributed by atoms with Crippen molar-refractivity contribution in [3.63, 3.8) is 0 Å². The molecule has 0 aliphatic heterocycles. The maximum atomic E-state index is 4.96. The fourth-order valence-corrected chi connectivity index (χ4v) is 0.721. The molecule has 1 aromatic heterocycles. The molecule has 1 heterocycles. The van der Waals surface area contributed by atoms with Crippen molar-refractivity contribution >= 4 is 21.7 Å². The molecule has 0 amide bonds. The zero-order chi connectivity index (χ0) is 6.69. The second kappa shape index (κ2) is 2.55. The summed E-state index contributed by atoms with van der Waals surface area (Å²) in [5, 5.41) is 8.98. The number of nitrogens with one attached hydrogen (secondary N) is 2. The summed E-state index contributed by atoms with van der Waals surface area (Å²) in [4.78, 5) is 0. The van der Waals surface area contributed by atoms with Crippen LogP contribution in [0.2, 0.25) is 0 Å². The minimum absolute atomic E-state index is 0.706. The van der Waals surface area contributed by atoms with Crippen LogP contribution in [-0.4, -0.2) is 10.2 Å². The second-order valence-corrected chi connectivity index (χ2v) is 2.22. The Bertz CT molecular complexity index is 235. The zero-order valence-corrected chi connectivity index (χ0v) is 6.07. The predicted molar refractivity (Wildman–Crippen MR) is 38.7 cm³/mol. The molecule has 3 nitrogen and oxygen atoms in total. The molecule has 0 fully saturated rings. The van der Waals surface area contributed by atoms with Crippen LogP contribution < -0.4 is 5.32 Å². The van der Waals surface area contributed by atoms with Gasteiger partial charge < -0.3 is 0 Å². The molecule has 0 saturated carbocycles. The van der Waals surface area contributed by atoms with E-state index in [0.29, 0.717) is 5.82 Å². The molecule has 1 rings (SSSR count). The van der Waals surface area contributed by atoms with Gasteiger partial charge in [-0.1, -0.05) is 6.42 Å². The average Bonchev–Trinajstić information content (AvgIpc) is 2.18. The van der Waals surface area contributed by atoms with Gasteiger partial charge in [0.1, 0.15) is 5.82 Å². The summed E-state index contributed by atoms with van der Waals surface area (Å²) in [6.07, 6.45) is 6.58. The van der Waals surface area contributed by atoms with Crippen molar-refractivity contribution in [2.45, 2.75) is 0 Å². The molecule has 0 bridgehead atoms. The first kappa shape index (κ1) is 6.17. The van der Waals surface area contributed by atoms with Crippen LogP contribution in [0.5, 0.6) is 0 Å². The van der Waals surface area contributed by atoms with Gasteiger partial charge in [0.05, 0.1) is 10.7 Å². The van der Waals surface area contributed by atoms with Crippen LogP contribution in [0.3, 0.4) is 0 Å². The van der Waals surface area contributed by atoms with Crippen LogP contribution in [-0.2, 0) is 0 Å². The fourth-order valence-electron chi connectivity index (χ4n) is 0.431. The van der Waals surface area contributed by atoms with Gasteiger partial charge in [-0.25, -0.2) is 0 Å². The first-order valence-corrected chi connectivity index (χ1v) is 3.04. The van der Waals surface area contributed by atoms with Crippen molar-refractivity contribution in [1.29, 1.82) is 0 Å². The van der Waals surface area contributed by atoms with E-state index in [-0.39, 0.29) is 0 Å². The molecular formula is C5H4BrN3. The van der Waals surface area contributed by atoms with Crippen LogP contribution in [0.4, 0.5) is 5.82 Å². The summed E-state index contributed by atoms with van der Waals surface area (Å²) in [5.41, 5.74) is 0. The van der Waals surface area contributed by atoms with Crippen molar-refractivity contribution in [1.82, 2.24) is 10.2 Å². The number of terminal acetylenes is 1. The molecule has 0 atom stereocenters. The Balaban J connectivity index is 2.84. The summed E-state index contributed by atoms with van der Waals surface area (Å²) in [7, 11) is 0. The van der Waals surface area contributed by atoms with E-state index in [2.05, 4.69) is 37.5 Å². The second-order valence-electron chi connectivity index (χ2n) is 1.36. The zero-order valence-electron chi connectivity index (χ0n) is 4.48. The summed E-state index contributed by atoms with van der Waals surface area (Å²) >= 11 is 3.22. The molecule has 0 spiro atoms. The summed E-state index contributed by atoms with van der Waals surface area (Å²) in [6.45, 7) is 0. The van der Waals surface area contributed by atoms with Gasteiger partial charge in [0.25, 0.3) is 0 Å². The highest BCUT2D eigenvalue weighted by Gasteiger charge is 1.95. The number of anilines is 1. The van der Waals surface area contributed by atoms with E-state index < -0.39 is 0 Å². The standard InChI is InChI=1S/C5H4BrN3/c1-2-7-5-4(6)3-8-9-5/h1,3H,(H2,7,8,9). The third-order valence-electron chi connectivity index (χ3n) is 0.790. The maximum absolute atomic E-state index is 4.96. The molecule has 0 aliphatic rings. The molecule has 9 heavy (non-hydrogen) atoms. The van der Waals surface area contributed by atoms with Gasteiger partial charge in [-0.3, -0.25) is 10.4 Å². The average molecular weight is 186 g/mol. The molecular weight excluding hydrogens is 182 g/mol. The maximum Gasteiger partial charge on any atom is 0.147 e. The minimum atomic E-state index is 0.706. The van der Waals surface area contributed by atoms with Gasteiger partial charge in [-0.15, -0.1) is 0 Å². The number of nitrogens with zero attached hydrogens (tertiary/aromatic N) is 1. The van der Waals surface area contributed by atoms with Crippen LogP contribution in [0.15, 0.2) is 10.7 Å². The van der Waals surface area contributed by atoms with Crippen molar-refractivity contribution < 1.29 is 0 Å². The minimum Gasteiger partial charge on any atom is -0.299 e. The molecule has 0 radical (unpaired) electrons. The van der Waals surface area contributed by atoms with E-state index in [1.807, 2.05) is 0 Å². The molecule has 2 N–H and O–H groups in total. The third-order valence-corrected chi connectivity index (χ3v) is 1.39. The Kier molecular flexibility index (Phi) is 1.75. The van der Waals surface area contributed by atoms with Crippen molar-refractivity contribution in [3.05, 3.63) is 10.7 Å². The highest BCUT2D eigenvalue weighted by molar-refractivity contribution is 9.10. The fraction of sp³-hybridized carbons (Fsp3) is 0. The summed E-state index contributed by atoms with van der Waals surface area (Å²) < 4.78 is 0.834. The van der Waals surface area contributed by atoms with Crippen LogP contribution >= 0.6 is 15.9 Å². The number of rotatable bonds is 1. The monoisotopic (exact) mass is 185 g/mol. The summed E-state index contributed by atoms with van der Waals surface area (Å²) in [6, 6.07) is 2.26. The van der Waals surface area contributed by atoms with Gasteiger partial charge in [0.2, 0.25) is 0 Å². The Hall–Kier alpha value is -0.950. The topological polar surface area (TPSA) is 40.7 Å². The van der Waals surface area contributed by atoms with Gasteiger partial charge in [-0.05, 0) is 15.9 Å². The Morgan fingerprint density at radius 3 is 3.11 bits per heavy atom. The third kappa shape index (κ3) is 1.24. The predicted octanol–water partition coefficient (Wildman–Crippen LogP) is 1.17. The molecule has 46 valence electrons. The largest absolute Gasteiger partial charge is 0.299 e. The van der Waals surface area contributed by atoms with E-state index in [1.165, 1.54) is 0 Å². The lowest BCUT2D eigenvalue weighted by Crippen LogP contribution is -1.86. The molecule has 4 heteroatoms. The number of hydrogen-bond acceptors (Lipinski definition) is 2. The van der Waals surface area contributed by atoms with Crippen LogP contribution in [0, 0.1) is 12.5 Å². The highest BCUT2D eigenvalue weighted by Crippen LogP contribution is 2.16.